The highest BCUT2D eigenvalue weighted by Gasteiger charge is 2.06. The summed E-state index contributed by atoms with van der Waals surface area (Å²) >= 11 is 0. The van der Waals surface area contributed by atoms with Gasteiger partial charge in [0.15, 0.2) is 0 Å². The number of nitrogens with one attached hydrogen (secondary N) is 1. The Balaban J connectivity index is 2.60. The molecule has 0 radical (unpaired) electrons. The number of rotatable bonds is 7. The Hall–Kier alpha value is -1.62. The van der Waals surface area contributed by atoms with E-state index in [0.717, 1.165) is 12.0 Å². The van der Waals surface area contributed by atoms with Crippen LogP contribution in [-0.4, -0.2) is 25.6 Å². The number of ether oxygens (including phenoxy) is 1. The zero-order valence-corrected chi connectivity index (χ0v) is 11.4. The molecule has 5 heteroatoms. The summed E-state index contributed by atoms with van der Waals surface area (Å²) < 4.78 is 18.8. The zero-order chi connectivity index (χ0) is 14.3. The van der Waals surface area contributed by atoms with Gasteiger partial charge in [-0.05, 0) is 30.5 Å². The topological polar surface area (TPSA) is 64.3 Å². The Kier molecular flexibility index (Phi) is 6.29. The highest BCUT2D eigenvalue weighted by molar-refractivity contribution is 5.75. The molecule has 0 aromatic heterocycles. The van der Waals surface area contributed by atoms with Crippen LogP contribution in [0.25, 0.3) is 0 Å². The number of hydrogen-bond donors (Lipinski definition) is 2. The molecule has 1 aromatic carbocycles. The van der Waals surface area contributed by atoms with Gasteiger partial charge in [0.25, 0.3) is 0 Å². The largest absolute Gasteiger partial charge is 0.493 e. The molecule has 1 unspecified atom stereocenters. The molecule has 1 amide bonds. The van der Waals surface area contributed by atoms with E-state index in [-0.39, 0.29) is 30.8 Å². The molecule has 106 valence electrons. The Morgan fingerprint density at radius 3 is 2.84 bits per heavy atom. The van der Waals surface area contributed by atoms with Crippen molar-refractivity contribution in [2.24, 2.45) is 5.73 Å². The van der Waals surface area contributed by atoms with Crippen LogP contribution in [0.3, 0.4) is 0 Å². The first kappa shape index (κ1) is 15.4. The van der Waals surface area contributed by atoms with Crippen LogP contribution in [-0.2, 0) is 11.2 Å². The molecule has 0 spiro atoms. The second-order valence-corrected chi connectivity index (χ2v) is 4.44. The van der Waals surface area contributed by atoms with Gasteiger partial charge in [-0.1, -0.05) is 6.92 Å². The molecule has 1 rings (SSSR count). The van der Waals surface area contributed by atoms with Crippen LogP contribution in [0.2, 0.25) is 0 Å². The van der Waals surface area contributed by atoms with Crippen LogP contribution in [0.5, 0.6) is 5.75 Å². The van der Waals surface area contributed by atoms with Gasteiger partial charge in [0.05, 0.1) is 13.0 Å². The van der Waals surface area contributed by atoms with Gasteiger partial charge in [0.2, 0.25) is 5.91 Å². The van der Waals surface area contributed by atoms with Crippen molar-refractivity contribution in [3.8, 4) is 5.75 Å². The van der Waals surface area contributed by atoms with Crippen molar-refractivity contribution in [2.75, 3.05) is 13.7 Å². The number of nitrogens with two attached hydrogens (primary N) is 1. The standard InChI is InChI=1S/C14H21FN2O2/c1-3-12(16)7-10-6-11(15)9-13(8-10)19-5-4-14(18)17-2/h6,8-9,12H,3-5,7,16H2,1-2H3,(H,17,18). The average molecular weight is 268 g/mol. The predicted molar refractivity (Wildman–Crippen MR) is 72.5 cm³/mol. The smallest absolute Gasteiger partial charge is 0.223 e. The lowest BCUT2D eigenvalue weighted by molar-refractivity contribution is -0.121. The van der Waals surface area contributed by atoms with E-state index in [1.165, 1.54) is 12.1 Å². The van der Waals surface area contributed by atoms with Crippen LogP contribution >= 0.6 is 0 Å². The maximum atomic E-state index is 13.4. The van der Waals surface area contributed by atoms with E-state index >= 15 is 0 Å². The second kappa shape index (κ2) is 7.74. The number of halogens is 1. The fourth-order valence-corrected chi connectivity index (χ4v) is 1.66. The highest BCUT2D eigenvalue weighted by atomic mass is 19.1. The summed E-state index contributed by atoms with van der Waals surface area (Å²) in [6, 6.07) is 4.55. The van der Waals surface area contributed by atoms with Crippen molar-refractivity contribution < 1.29 is 13.9 Å². The van der Waals surface area contributed by atoms with Crippen LogP contribution in [0.4, 0.5) is 4.39 Å². The fraction of sp³-hybridized carbons (Fsp3) is 0.500. The lowest BCUT2D eigenvalue weighted by Gasteiger charge is -2.11. The molecular weight excluding hydrogens is 247 g/mol. The van der Waals surface area contributed by atoms with Gasteiger partial charge in [-0.15, -0.1) is 0 Å². The lowest BCUT2D eigenvalue weighted by Crippen LogP contribution is -2.21. The lowest BCUT2D eigenvalue weighted by atomic mass is 10.0. The van der Waals surface area contributed by atoms with E-state index in [2.05, 4.69) is 5.32 Å². The van der Waals surface area contributed by atoms with Gasteiger partial charge in [-0.3, -0.25) is 4.79 Å². The van der Waals surface area contributed by atoms with Crippen molar-refractivity contribution in [1.82, 2.24) is 5.32 Å². The summed E-state index contributed by atoms with van der Waals surface area (Å²) in [7, 11) is 1.56. The van der Waals surface area contributed by atoms with Gasteiger partial charge < -0.3 is 15.8 Å². The summed E-state index contributed by atoms with van der Waals surface area (Å²) in [5.74, 6) is -0.0254. The minimum absolute atomic E-state index is 0.0144. The third-order valence-electron chi connectivity index (χ3n) is 2.83. The summed E-state index contributed by atoms with van der Waals surface area (Å²) in [4.78, 5) is 11.0. The molecule has 0 bridgehead atoms. The zero-order valence-electron chi connectivity index (χ0n) is 11.4. The third kappa shape index (κ3) is 5.70. The second-order valence-electron chi connectivity index (χ2n) is 4.44. The minimum atomic E-state index is -0.351. The maximum absolute atomic E-state index is 13.4. The van der Waals surface area contributed by atoms with Crippen LogP contribution < -0.4 is 15.8 Å². The summed E-state index contributed by atoms with van der Waals surface area (Å²) in [5.41, 5.74) is 6.66. The molecule has 3 N–H and O–H groups in total. The van der Waals surface area contributed by atoms with E-state index in [4.69, 9.17) is 10.5 Å². The van der Waals surface area contributed by atoms with Crippen molar-refractivity contribution in [1.29, 1.82) is 0 Å². The van der Waals surface area contributed by atoms with Crippen LogP contribution in [0.1, 0.15) is 25.3 Å². The van der Waals surface area contributed by atoms with Gasteiger partial charge in [-0.2, -0.15) is 0 Å². The SMILES string of the molecule is CCC(N)Cc1cc(F)cc(OCCC(=O)NC)c1. The molecule has 0 aliphatic heterocycles. The van der Waals surface area contributed by atoms with Crippen molar-refractivity contribution in [2.45, 2.75) is 32.2 Å². The van der Waals surface area contributed by atoms with E-state index in [1.54, 1.807) is 13.1 Å². The number of benzene rings is 1. The highest BCUT2D eigenvalue weighted by Crippen LogP contribution is 2.18. The Labute approximate surface area is 113 Å². The first-order chi connectivity index (χ1) is 9.05. The Morgan fingerprint density at radius 2 is 2.21 bits per heavy atom. The average Bonchev–Trinajstić information content (AvgIpc) is 2.37. The maximum Gasteiger partial charge on any atom is 0.223 e. The summed E-state index contributed by atoms with van der Waals surface area (Å²) in [5, 5.41) is 2.50. The molecule has 0 heterocycles. The first-order valence-corrected chi connectivity index (χ1v) is 6.43. The van der Waals surface area contributed by atoms with Crippen LogP contribution in [0.15, 0.2) is 18.2 Å². The summed E-state index contributed by atoms with van der Waals surface area (Å²) in [6.45, 7) is 2.22. The van der Waals surface area contributed by atoms with Crippen molar-refractivity contribution in [3.05, 3.63) is 29.6 Å². The summed E-state index contributed by atoms with van der Waals surface area (Å²) in [6.07, 6.45) is 1.69. The first-order valence-electron chi connectivity index (χ1n) is 6.43. The molecule has 0 aliphatic rings. The molecular formula is C14H21FN2O2. The predicted octanol–water partition coefficient (Wildman–Crippen LogP) is 1.62. The van der Waals surface area contributed by atoms with E-state index in [9.17, 15) is 9.18 Å². The Morgan fingerprint density at radius 1 is 1.47 bits per heavy atom. The molecule has 1 atom stereocenters. The fourth-order valence-electron chi connectivity index (χ4n) is 1.66. The van der Waals surface area contributed by atoms with Gasteiger partial charge >= 0.3 is 0 Å². The van der Waals surface area contributed by atoms with Crippen LogP contribution in [0, 0.1) is 5.82 Å². The van der Waals surface area contributed by atoms with Gasteiger partial charge in [0.1, 0.15) is 11.6 Å². The van der Waals surface area contributed by atoms with E-state index in [0.29, 0.717) is 12.2 Å². The molecule has 0 saturated carbocycles. The minimum Gasteiger partial charge on any atom is -0.493 e. The number of carbonyl (C=O) groups excluding carboxylic acids is 1. The van der Waals surface area contributed by atoms with Crippen molar-refractivity contribution >= 4 is 5.91 Å². The molecule has 0 fully saturated rings. The number of amides is 1. The van der Waals surface area contributed by atoms with E-state index in [1.807, 2.05) is 6.92 Å². The molecule has 0 aliphatic carbocycles. The van der Waals surface area contributed by atoms with Crippen molar-refractivity contribution in [3.63, 3.8) is 0 Å². The monoisotopic (exact) mass is 268 g/mol. The normalized spacial score (nSPS) is 12.0. The number of carbonyl (C=O) groups is 1. The molecule has 19 heavy (non-hydrogen) atoms. The molecule has 0 saturated heterocycles. The quantitative estimate of drug-likeness (QED) is 0.790. The molecule has 4 nitrogen and oxygen atoms in total. The van der Waals surface area contributed by atoms with Gasteiger partial charge in [0, 0.05) is 19.2 Å². The molecule has 1 aromatic rings. The number of hydrogen-bond acceptors (Lipinski definition) is 3. The Bertz CT molecular complexity index is 424. The van der Waals surface area contributed by atoms with E-state index < -0.39 is 0 Å². The van der Waals surface area contributed by atoms with Gasteiger partial charge in [-0.25, -0.2) is 4.39 Å². The third-order valence-corrected chi connectivity index (χ3v) is 2.83.